The van der Waals surface area contributed by atoms with Gasteiger partial charge in [-0.1, -0.05) is 30.3 Å². The molecule has 1 unspecified atom stereocenters. The van der Waals surface area contributed by atoms with Crippen molar-refractivity contribution in [2.45, 2.75) is 5.38 Å². The molecule has 0 radical (unpaired) electrons. The molecule has 0 saturated carbocycles. The van der Waals surface area contributed by atoms with Crippen molar-refractivity contribution in [1.29, 1.82) is 0 Å². The molecule has 0 saturated heterocycles. The van der Waals surface area contributed by atoms with Crippen molar-refractivity contribution >= 4 is 11.6 Å². The van der Waals surface area contributed by atoms with Gasteiger partial charge in [-0.15, -0.1) is 11.6 Å². The molecule has 0 N–H and O–H groups in total. The summed E-state index contributed by atoms with van der Waals surface area (Å²) in [5, 5.41) is -0.341. The Labute approximate surface area is 105 Å². The van der Waals surface area contributed by atoms with Gasteiger partial charge in [0.2, 0.25) is 0 Å². The Morgan fingerprint density at radius 1 is 1.06 bits per heavy atom. The fourth-order valence-corrected chi connectivity index (χ4v) is 2.01. The van der Waals surface area contributed by atoms with E-state index in [0.717, 1.165) is 16.9 Å². The second-order valence-electron chi connectivity index (χ2n) is 3.66. The van der Waals surface area contributed by atoms with Crippen LogP contribution < -0.4 is 4.74 Å². The molecule has 0 spiro atoms. The standard InChI is InChI=1S/C14H12ClFO/c1-17-13-5-3-2-4-12(13)14(15)10-6-8-11(16)9-7-10/h2-9,14H,1H3. The zero-order valence-corrected chi connectivity index (χ0v) is 10.1. The molecule has 0 heterocycles. The lowest BCUT2D eigenvalue weighted by Gasteiger charge is -2.14. The van der Waals surface area contributed by atoms with Crippen molar-refractivity contribution in [2.24, 2.45) is 0 Å². The summed E-state index contributed by atoms with van der Waals surface area (Å²) >= 11 is 6.37. The van der Waals surface area contributed by atoms with E-state index in [-0.39, 0.29) is 11.2 Å². The highest BCUT2D eigenvalue weighted by atomic mass is 35.5. The molecule has 2 aromatic carbocycles. The summed E-state index contributed by atoms with van der Waals surface area (Å²) in [6, 6.07) is 13.7. The van der Waals surface area contributed by atoms with Gasteiger partial charge in [-0.05, 0) is 23.8 Å². The van der Waals surface area contributed by atoms with Crippen LogP contribution in [0, 0.1) is 5.82 Å². The lowest BCUT2D eigenvalue weighted by Crippen LogP contribution is -1.97. The summed E-state index contributed by atoms with van der Waals surface area (Å²) in [6.45, 7) is 0. The Bertz CT molecular complexity index is 496. The van der Waals surface area contributed by atoms with Crippen molar-refractivity contribution in [3.8, 4) is 5.75 Å². The molecule has 0 bridgehead atoms. The van der Waals surface area contributed by atoms with Gasteiger partial charge in [0, 0.05) is 5.56 Å². The van der Waals surface area contributed by atoms with Crippen LogP contribution in [0.5, 0.6) is 5.75 Å². The van der Waals surface area contributed by atoms with Crippen molar-refractivity contribution in [1.82, 2.24) is 0 Å². The molecule has 0 aliphatic rings. The predicted octanol–water partition coefficient (Wildman–Crippen LogP) is 4.16. The lowest BCUT2D eigenvalue weighted by molar-refractivity contribution is 0.410. The van der Waals surface area contributed by atoms with Gasteiger partial charge in [0.25, 0.3) is 0 Å². The number of alkyl halides is 1. The molecular weight excluding hydrogens is 239 g/mol. The van der Waals surface area contributed by atoms with Gasteiger partial charge >= 0.3 is 0 Å². The number of rotatable bonds is 3. The van der Waals surface area contributed by atoms with Gasteiger partial charge in [0.15, 0.2) is 0 Å². The maximum Gasteiger partial charge on any atom is 0.123 e. The van der Waals surface area contributed by atoms with Crippen LogP contribution in [-0.2, 0) is 0 Å². The van der Waals surface area contributed by atoms with Gasteiger partial charge in [-0.2, -0.15) is 0 Å². The van der Waals surface area contributed by atoms with Gasteiger partial charge in [-0.25, -0.2) is 4.39 Å². The minimum absolute atomic E-state index is 0.266. The quantitative estimate of drug-likeness (QED) is 0.743. The molecule has 2 rings (SSSR count). The molecule has 3 heteroatoms. The zero-order valence-electron chi connectivity index (χ0n) is 9.36. The molecule has 0 aromatic heterocycles. The minimum atomic E-state index is -0.341. The van der Waals surface area contributed by atoms with Gasteiger partial charge in [0.05, 0.1) is 12.5 Å². The molecule has 88 valence electrons. The van der Waals surface area contributed by atoms with E-state index in [1.165, 1.54) is 12.1 Å². The van der Waals surface area contributed by atoms with Crippen LogP contribution in [0.4, 0.5) is 4.39 Å². The van der Waals surface area contributed by atoms with Crippen molar-refractivity contribution in [3.05, 3.63) is 65.5 Å². The largest absolute Gasteiger partial charge is 0.496 e. The van der Waals surface area contributed by atoms with Crippen molar-refractivity contribution in [2.75, 3.05) is 7.11 Å². The summed E-state index contributed by atoms with van der Waals surface area (Å²) in [7, 11) is 1.60. The normalized spacial score (nSPS) is 12.2. The molecule has 0 fully saturated rings. The van der Waals surface area contributed by atoms with E-state index in [4.69, 9.17) is 16.3 Å². The first-order valence-corrected chi connectivity index (χ1v) is 5.68. The molecule has 0 amide bonds. The Kier molecular flexibility index (Phi) is 3.64. The van der Waals surface area contributed by atoms with Crippen molar-refractivity contribution in [3.63, 3.8) is 0 Å². The monoisotopic (exact) mass is 250 g/mol. The Morgan fingerprint density at radius 3 is 2.35 bits per heavy atom. The summed E-state index contributed by atoms with van der Waals surface area (Å²) in [5.41, 5.74) is 1.72. The average molecular weight is 251 g/mol. The van der Waals surface area contributed by atoms with Crippen LogP contribution in [0.3, 0.4) is 0 Å². The molecule has 0 aliphatic heterocycles. The van der Waals surface area contributed by atoms with E-state index in [2.05, 4.69) is 0 Å². The third-order valence-corrected chi connectivity index (χ3v) is 3.06. The van der Waals surface area contributed by atoms with Gasteiger partial charge in [0.1, 0.15) is 11.6 Å². The predicted molar refractivity (Wildman–Crippen MR) is 67.1 cm³/mol. The number of hydrogen-bond acceptors (Lipinski definition) is 1. The molecule has 17 heavy (non-hydrogen) atoms. The van der Waals surface area contributed by atoms with Crippen LogP contribution in [0.1, 0.15) is 16.5 Å². The highest BCUT2D eigenvalue weighted by Gasteiger charge is 2.14. The van der Waals surface area contributed by atoms with Crippen LogP contribution in [-0.4, -0.2) is 7.11 Å². The van der Waals surface area contributed by atoms with Crippen LogP contribution in [0.15, 0.2) is 48.5 Å². The zero-order chi connectivity index (χ0) is 12.3. The highest BCUT2D eigenvalue weighted by molar-refractivity contribution is 6.22. The first-order chi connectivity index (χ1) is 8.22. The van der Waals surface area contributed by atoms with E-state index in [1.807, 2.05) is 24.3 Å². The number of halogens is 2. The first-order valence-electron chi connectivity index (χ1n) is 5.25. The Balaban J connectivity index is 2.36. The van der Waals surface area contributed by atoms with E-state index in [9.17, 15) is 4.39 Å². The topological polar surface area (TPSA) is 9.23 Å². The molecular formula is C14H12ClFO. The summed E-state index contributed by atoms with van der Waals surface area (Å²) in [6.07, 6.45) is 0. The molecule has 0 aliphatic carbocycles. The van der Waals surface area contributed by atoms with E-state index in [1.54, 1.807) is 19.2 Å². The summed E-state index contributed by atoms with van der Waals surface area (Å²) in [5.74, 6) is 0.467. The number of hydrogen-bond donors (Lipinski definition) is 0. The lowest BCUT2D eigenvalue weighted by atomic mass is 10.0. The highest BCUT2D eigenvalue weighted by Crippen LogP contribution is 2.34. The molecule has 1 atom stereocenters. The van der Waals surface area contributed by atoms with Crippen molar-refractivity contribution < 1.29 is 9.13 Å². The number of methoxy groups -OCH3 is 1. The average Bonchev–Trinajstić information content (AvgIpc) is 2.39. The van der Waals surface area contributed by atoms with Crippen LogP contribution in [0.2, 0.25) is 0 Å². The fraction of sp³-hybridized carbons (Fsp3) is 0.143. The van der Waals surface area contributed by atoms with E-state index >= 15 is 0 Å². The maximum absolute atomic E-state index is 12.8. The second-order valence-corrected chi connectivity index (χ2v) is 4.09. The van der Waals surface area contributed by atoms with E-state index in [0.29, 0.717) is 0 Å². The Morgan fingerprint density at radius 2 is 1.71 bits per heavy atom. The van der Waals surface area contributed by atoms with Gasteiger partial charge < -0.3 is 4.74 Å². The third-order valence-electron chi connectivity index (χ3n) is 2.57. The second kappa shape index (κ2) is 5.19. The minimum Gasteiger partial charge on any atom is -0.496 e. The number of para-hydroxylation sites is 1. The van der Waals surface area contributed by atoms with Crippen LogP contribution in [0.25, 0.3) is 0 Å². The summed E-state index contributed by atoms with van der Waals surface area (Å²) < 4.78 is 18.1. The van der Waals surface area contributed by atoms with Crippen LogP contribution >= 0.6 is 11.6 Å². The first kappa shape index (κ1) is 11.9. The molecule has 2 aromatic rings. The smallest absolute Gasteiger partial charge is 0.123 e. The van der Waals surface area contributed by atoms with E-state index < -0.39 is 0 Å². The number of benzene rings is 2. The summed E-state index contributed by atoms with van der Waals surface area (Å²) in [4.78, 5) is 0. The SMILES string of the molecule is COc1ccccc1C(Cl)c1ccc(F)cc1. The van der Waals surface area contributed by atoms with Gasteiger partial charge in [-0.3, -0.25) is 0 Å². The maximum atomic E-state index is 12.8. The Hall–Kier alpha value is -1.54. The molecule has 1 nitrogen and oxygen atoms in total. The number of ether oxygens (including phenoxy) is 1. The fourth-order valence-electron chi connectivity index (χ4n) is 1.69. The third kappa shape index (κ3) is 2.59.